The van der Waals surface area contributed by atoms with Crippen molar-refractivity contribution in [3.8, 4) is 0 Å². The number of aromatic amines is 1. The van der Waals surface area contributed by atoms with E-state index in [9.17, 15) is 9.18 Å². The maximum atomic E-state index is 13.6. The summed E-state index contributed by atoms with van der Waals surface area (Å²) in [6.45, 7) is 0. The summed E-state index contributed by atoms with van der Waals surface area (Å²) in [6.07, 6.45) is 0.521. The van der Waals surface area contributed by atoms with Crippen LogP contribution in [0.15, 0.2) is 51.7 Å². The van der Waals surface area contributed by atoms with Crippen molar-refractivity contribution in [2.24, 2.45) is 0 Å². The van der Waals surface area contributed by atoms with Gasteiger partial charge in [-0.25, -0.2) is 9.18 Å². The molecule has 0 aliphatic carbocycles. The normalized spacial score (nSPS) is 12.7. The summed E-state index contributed by atoms with van der Waals surface area (Å²) in [5.74, 6) is -0.691. The lowest BCUT2D eigenvalue weighted by Crippen LogP contribution is -1.97. The van der Waals surface area contributed by atoms with E-state index in [1.54, 1.807) is 24.3 Å². The van der Waals surface area contributed by atoms with Crippen LogP contribution < -0.4 is 5.76 Å². The van der Waals surface area contributed by atoms with Crippen LogP contribution in [0.1, 0.15) is 16.0 Å². The minimum atomic E-state index is -0.475. The number of H-pyrrole nitrogens is 1. The lowest BCUT2D eigenvalue weighted by molar-refractivity contribution is 0.555. The third-order valence-electron chi connectivity index (χ3n) is 3.16. The number of hydrogen-bond acceptors (Lipinski definition) is 2. The molecule has 1 heterocycles. The Balaban J connectivity index is 1.90. The molecule has 1 unspecified atom stereocenters. The van der Waals surface area contributed by atoms with Gasteiger partial charge in [-0.1, -0.05) is 40.2 Å². The highest BCUT2D eigenvalue weighted by Gasteiger charge is 2.13. The highest BCUT2D eigenvalue weighted by atomic mass is 79.9. The van der Waals surface area contributed by atoms with Gasteiger partial charge in [0, 0.05) is 4.83 Å². The van der Waals surface area contributed by atoms with Crippen molar-refractivity contribution in [1.29, 1.82) is 0 Å². The largest absolute Gasteiger partial charge is 0.417 e. The van der Waals surface area contributed by atoms with E-state index in [1.165, 1.54) is 6.07 Å². The fourth-order valence-corrected chi connectivity index (χ4v) is 2.77. The Labute approximate surface area is 122 Å². The summed E-state index contributed by atoms with van der Waals surface area (Å²) < 4.78 is 18.7. The van der Waals surface area contributed by atoms with Crippen molar-refractivity contribution in [2.45, 2.75) is 11.2 Å². The lowest BCUT2D eigenvalue weighted by Gasteiger charge is -2.10. The smallest absolute Gasteiger partial charge is 0.408 e. The molecule has 0 aliphatic heterocycles. The monoisotopic (exact) mass is 335 g/mol. The van der Waals surface area contributed by atoms with E-state index in [0.717, 1.165) is 5.56 Å². The number of nitrogens with one attached hydrogen (secondary N) is 1. The van der Waals surface area contributed by atoms with Crippen LogP contribution in [-0.4, -0.2) is 4.98 Å². The zero-order valence-corrected chi connectivity index (χ0v) is 12.0. The number of aromatic nitrogens is 1. The van der Waals surface area contributed by atoms with Crippen molar-refractivity contribution in [2.75, 3.05) is 0 Å². The van der Waals surface area contributed by atoms with Crippen LogP contribution in [-0.2, 0) is 6.42 Å². The summed E-state index contributed by atoms with van der Waals surface area (Å²) in [5, 5.41) is 0. The van der Waals surface area contributed by atoms with Gasteiger partial charge in [0.15, 0.2) is 5.58 Å². The van der Waals surface area contributed by atoms with Gasteiger partial charge in [-0.15, -0.1) is 0 Å². The number of alkyl halides is 1. The molecule has 102 valence electrons. The molecule has 20 heavy (non-hydrogen) atoms. The van der Waals surface area contributed by atoms with Crippen LogP contribution in [0, 0.1) is 5.82 Å². The molecule has 0 saturated heterocycles. The van der Waals surface area contributed by atoms with Crippen LogP contribution in [0.25, 0.3) is 11.1 Å². The van der Waals surface area contributed by atoms with E-state index in [4.69, 9.17) is 4.42 Å². The topological polar surface area (TPSA) is 46.0 Å². The number of oxazole rings is 1. The molecule has 5 heteroatoms. The third-order valence-corrected chi connectivity index (χ3v) is 4.02. The summed E-state index contributed by atoms with van der Waals surface area (Å²) in [5.41, 5.74) is 2.74. The van der Waals surface area contributed by atoms with E-state index in [2.05, 4.69) is 20.9 Å². The second kappa shape index (κ2) is 5.25. The Morgan fingerprint density at radius 2 is 2.05 bits per heavy atom. The summed E-state index contributed by atoms with van der Waals surface area (Å²) in [7, 11) is 0. The fraction of sp³-hybridized carbons (Fsp3) is 0.133. The van der Waals surface area contributed by atoms with Crippen LogP contribution in [0.5, 0.6) is 0 Å². The van der Waals surface area contributed by atoms with Crippen molar-refractivity contribution in [3.05, 3.63) is 70.0 Å². The van der Waals surface area contributed by atoms with Gasteiger partial charge in [0.05, 0.1) is 5.52 Å². The SMILES string of the molecule is O=c1[nH]c2ccc(C(Br)Cc3ccccc3F)cc2o1. The van der Waals surface area contributed by atoms with Crippen LogP contribution >= 0.6 is 15.9 Å². The predicted octanol–water partition coefficient (Wildman–Crippen LogP) is 3.94. The zero-order chi connectivity index (χ0) is 14.1. The quantitative estimate of drug-likeness (QED) is 0.737. The minimum absolute atomic E-state index is 0.0518. The molecule has 1 aromatic heterocycles. The van der Waals surface area contributed by atoms with E-state index in [-0.39, 0.29) is 10.6 Å². The van der Waals surface area contributed by atoms with E-state index in [1.807, 2.05) is 12.1 Å². The molecule has 3 rings (SSSR count). The molecule has 3 aromatic rings. The standard InChI is InChI=1S/C15H11BrFNO2/c16-11(7-10-3-1-2-4-12(10)17)9-5-6-13-14(8-9)20-15(19)18-13/h1-6,8,11H,7H2,(H,18,19). The summed E-state index contributed by atoms with van der Waals surface area (Å²) >= 11 is 3.55. The van der Waals surface area contributed by atoms with Gasteiger partial charge in [-0.2, -0.15) is 0 Å². The molecule has 0 aliphatic rings. The second-order valence-corrected chi connectivity index (χ2v) is 5.64. The Kier molecular flexibility index (Phi) is 3.44. The first-order valence-corrected chi connectivity index (χ1v) is 7.05. The molecule has 0 saturated carbocycles. The molecule has 0 spiro atoms. The number of benzene rings is 2. The second-order valence-electron chi connectivity index (χ2n) is 4.53. The average molecular weight is 336 g/mol. The number of halogens is 2. The maximum absolute atomic E-state index is 13.6. The molecule has 0 fully saturated rings. The van der Waals surface area contributed by atoms with Gasteiger partial charge < -0.3 is 4.42 Å². The molecule has 1 N–H and O–H groups in total. The molecule has 3 nitrogen and oxygen atoms in total. The Morgan fingerprint density at radius 1 is 1.25 bits per heavy atom. The minimum Gasteiger partial charge on any atom is -0.408 e. The molecule has 2 aromatic carbocycles. The molecular formula is C15H11BrFNO2. The molecule has 0 bridgehead atoms. The van der Waals surface area contributed by atoms with Crippen molar-refractivity contribution >= 4 is 27.0 Å². The van der Waals surface area contributed by atoms with Crippen LogP contribution in [0.2, 0.25) is 0 Å². The van der Waals surface area contributed by atoms with Crippen molar-refractivity contribution < 1.29 is 8.81 Å². The number of fused-ring (bicyclic) bond motifs is 1. The third kappa shape index (κ3) is 2.54. The lowest BCUT2D eigenvalue weighted by atomic mass is 10.0. The Morgan fingerprint density at radius 3 is 2.85 bits per heavy atom. The first kappa shape index (κ1) is 13.1. The first-order chi connectivity index (χ1) is 9.63. The maximum Gasteiger partial charge on any atom is 0.417 e. The zero-order valence-electron chi connectivity index (χ0n) is 10.4. The predicted molar refractivity (Wildman–Crippen MR) is 78.6 cm³/mol. The van der Waals surface area contributed by atoms with Gasteiger partial charge in [0.1, 0.15) is 5.82 Å². The summed E-state index contributed by atoms with van der Waals surface area (Å²) in [4.78, 5) is 13.7. The fourth-order valence-electron chi connectivity index (χ4n) is 2.13. The Bertz CT molecular complexity index is 809. The number of hydrogen-bond donors (Lipinski definition) is 1. The first-order valence-electron chi connectivity index (χ1n) is 6.14. The van der Waals surface area contributed by atoms with Crippen LogP contribution in [0.3, 0.4) is 0 Å². The van der Waals surface area contributed by atoms with Gasteiger partial charge in [0.25, 0.3) is 0 Å². The highest BCUT2D eigenvalue weighted by Crippen LogP contribution is 2.29. The van der Waals surface area contributed by atoms with Gasteiger partial charge in [-0.3, -0.25) is 4.98 Å². The van der Waals surface area contributed by atoms with Gasteiger partial charge in [-0.05, 0) is 35.7 Å². The highest BCUT2D eigenvalue weighted by molar-refractivity contribution is 9.09. The average Bonchev–Trinajstić information content (AvgIpc) is 2.80. The van der Waals surface area contributed by atoms with Gasteiger partial charge >= 0.3 is 5.76 Å². The van der Waals surface area contributed by atoms with Crippen molar-refractivity contribution in [3.63, 3.8) is 0 Å². The van der Waals surface area contributed by atoms with E-state index < -0.39 is 5.76 Å². The molecular weight excluding hydrogens is 325 g/mol. The van der Waals surface area contributed by atoms with Crippen LogP contribution in [0.4, 0.5) is 4.39 Å². The van der Waals surface area contributed by atoms with Crippen molar-refractivity contribution in [1.82, 2.24) is 4.98 Å². The molecule has 0 radical (unpaired) electrons. The van der Waals surface area contributed by atoms with E-state index in [0.29, 0.717) is 23.1 Å². The van der Waals surface area contributed by atoms with Gasteiger partial charge in [0.2, 0.25) is 0 Å². The van der Waals surface area contributed by atoms with E-state index >= 15 is 0 Å². The molecule has 0 amide bonds. The summed E-state index contributed by atoms with van der Waals surface area (Å²) in [6, 6.07) is 12.1. The molecule has 1 atom stereocenters. The Hall–Kier alpha value is -1.88. The number of rotatable bonds is 3.